The van der Waals surface area contributed by atoms with Crippen LogP contribution in [0.25, 0.3) is 28.0 Å². The highest BCUT2D eigenvalue weighted by Gasteiger charge is 2.11. The van der Waals surface area contributed by atoms with Crippen molar-refractivity contribution >= 4 is 11.6 Å². The number of aromatic nitrogens is 4. The van der Waals surface area contributed by atoms with Crippen LogP contribution in [0, 0.1) is 0 Å². The van der Waals surface area contributed by atoms with Crippen molar-refractivity contribution in [3.05, 3.63) is 72.8 Å². The molecule has 0 radical (unpaired) electrons. The van der Waals surface area contributed by atoms with E-state index in [1.165, 1.54) is 0 Å². The van der Waals surface area contributed by atoms with E-state index >= 15 is 0 Å². The summed E-state index contributed by atoms with van der Waals surface area (Å²) >= 11 is 0. The van der Waals surface area contributed by atoms with Crippen LogP contribution in [-0.2, 0) is 0 Å². The van der Waals surface area contributed by atoms with Crippen LogP contribution in [0.4, 0.5) is 0 Å². The van der Waals surface area contributed by atoms with Gasteiger partial charge in [0.25, 0.3) is 0 Å². The summed E-state index contributed by atoms with van der Waals surface area (Å²) in [4.78, 5) is 19.6. The van der Waals surface area contributed by atoms with Gasteiger partial charge in [-0.25, -0.2) is 14.3 Å². The van der Waals surface area contributed by atoms with Crippen molar-refractivity contribution in [3.8, 4) is 22.4 Å². The molecular formula is C18H12N4O2. The summed E-state index contributed by atoms with van der Waals surface area (Å²) in [6, 6.07) is 12.5. The summed E-state index contributed by atoms with van der Waals surface area (Å²) in [5.41, 5.74) is 4.30. The van der Waals surface area contributed by atoms with Gasteiger partial charge in [-0.2, -0.15) is 5.10 Å². The minimum atomic E-state index is -0.961. The molecule has 3 aromatic heterocycles. The molecule has 0 aliphatic carbocycles. The Balaban J connectivity index is 1.81. The van der Waals surface area contributed by atoms with E-state index in [0.717, 1.165) is 22.4 Å². The topological polar surface area (TPSA) is 80.4 Å². The Morgan fingerprint density at radius 1 is 0.958 bits per heavy atom. The third-order valence-electron chi connectivity index (χ3n) is 3.76. The first-order valence-electron chi connectivity index (χ1n) is 7.30. The largest absolute Gasteiger partial charge is 0.478 e. The zero-order chi connectivity index (χ0) is 16.5. The standard InChI is InChI=1S/C18H12N4O2/c23-18(24)13-4-1-3-12(7-13)16-11-20-17-8-15(10-21-22(16)17)14-5-2-6-19-9-14/h1-11H,(H,23,24). The van der Waals surface area contributed by atoms with Crippen molar-refractivity contribution in [3.63, 3.8) is 0 Å². The molecule has 0 bridgehead atoms. The zero-order valence-electron chi connectivity index (χ0n) is 12.5. The summed E-state index contributed by atoms with van der Waals surface area (Å²) in [5, 5.41) is 13.6. The Labute approximate surface area is 137 Å². The van der Waals surface area contributed by atoms with Crippen molar-refractivity contribution in [2.24, 2.45) is 0 Å². The van der Waals surface area contributed by atoms with Gasteiger partial charge in [-0.3, -0.25) is 4.98 Å². The number of pyridine rings is 1. The molecule has 24 heavy (non-hydrogen) atoms. The maximum absolute atomic E-state index is 11.1. The number of imidazole rings is 1. The van der Waals surface area contributed by atoms with Crippen LogP contribution in [-0.4, -0.2) is 30.7 Å². The van der Waals surface area contributed by atoms with E-state index in [-0.39, 0.29) is 5.56 Å². The molecule has 0 spiro atoms. The molecule has 0 saturated heterocycles. The van der Waals surface area contributed by atoms with Crippen molar-refractivity contribution in [2.75, 3.05) is 0 Å². The van der Waals surface area contributed by atoms with Crippen LogP contribution in [0.2, 0.25) is 0 Å². The van der Waals surface area contributed by atoms with Gasteiger partial charge in [0.05, 0.1) is 23.7 Å². The van der Waals surface area contributed by atoms with Gasteiger partial charge in [0.15, 0.2) is 5.65 Å². The van der Waals surface area contributed by atoms with E-state index in [2.05, 4.69) is 15.1 Å². The van der Waals surface area contributed by atoms with E-state index in [1.54, 1.807) is 47.5 Å². The number of hydrogen-bond donors (Lipinski definition) is 1. The lowest BCUT2D eigenvalue weighted by Gasteiger charge is -2.04. The lowest BCUT2D eigenvalue weighted by Crippen LogP contribution is -1.98. The van der Waals surface area contributed by atoms with E-state index < -0.39 is 5.97 Å². The predicted octanol–water partition coefficient (Wildman–Crippen LogP) is 3.16. The molecule has 0 unspecified atom stereocenters. The van der Waals surface area contributed by atoms with Crippen LogP contribution in [0.1, 0.15) is 10.4 Å². The number of carboxylic acid groups (broad SMARTS) is 1. The lowest BCUT2D eigenvalue weighted by molar-refractivity contribution is 0.0697. The number of benzene rings is 1. The number of carbonyl (C=O) groups is 1. The second-order valence-electron chi connectivity index (χ2n) is 5.29. The first kappa shape index (κ1) is 14.1. The summed E-state index contributed by atoms with van der Waals surface area (Å²) in [5.74, 6) is -0.961. The number of hydrogen-bond acceptors (Lipinski definition) is 4. The number of rotatable bonds is 3. The van der Waals surface area contributed by atoms with Gasteiger partial charge in [0.1, 0.15) is 0 Å². The van der Waals surface area contributed by atoms with Gasteiger partial charge in [-0.05, 0) is 24.3 Å². The average Bonchev–Trinajstić information content (AvgIpc) is 3.05. The van der Waals surface area contributed by atoms with Gasteiger partial charge in [0, 0.05) is 29.1 Å². The Bertz CT molecular complexity index is 1040. The molecule has 0 saturated carbocycles. The summed E-state index contributed by atoms with van der Waals surface area (Å²) < 4.78 is 1.70. The first-order chi connectivity index (χ1) is 11.7. The fourth-order valence-electron chi connectivity index (χ4n) is 2.58. The lowest BCUT2D eigenvalue weighted by atomic mass is 10.1. The maximum atomic E-state index is 11.1. The molecule has 0 fully saturated rings. The molecule has 4 rings (SSSR count). The highest BCUT2D eigenvalue weighted by molar-refractivity contribution is 5.89. The third-order valence-corrected chi connectivity index (χ3v) is 3.76. The molecular weight excluding hydrogens is 304 g/mol. The minimum absolute atomic E-state index is 0.231. The monoisotopic (exact) mass is 316 g/mol. The predicted molar refractivity (Wildman–Crippen MR) is 88.6 cm³/mol. The van der Waals surface area contributed by atoms with Crippen LogP contribution in [0.15, 0.2) is 67.3 Å². The fourth-order valence-corrected chi connectivity index (χ4v) is 2.58. The second kappa shape index (κ2) is 5.58. The van der Waals surface area contributed by atoms with Crippen LogP contribution in [0.5, 0.6) is 0 Å². The van der Waals surface area contributed by atoms with Crippen molar-refractivity contribution in [1.29, 1.82) is 0 Å². The molecule has 0 aliphatic heterocycles. The molecule has 0 amide bonds. The van der Waals surface area contributed by atoms with Gasteiger partial charge in [-0.15, -0.1) is 0 Å². The fraction of sp³-hybridized carbons (Fsp3) is 0. The number of fused-ring (bicyclic) bond motifs is 1. The Kier molecular flexibility index (Phi) is 3.28. The summed E-state index contributed by atoms with van der Waals surface area (Å²) in [6.45, 7) is 0. The van der Waals surface area contributed by atoms with Crippen LogP contribution in [0.3, 0.4) is 0 Å². The molecule has 4 aromatic rings. The number of aromatic carboxylic acids is 1. The molecule has 6 nitrogen and oxygen atoms in total. The van der Waals surface area contributed by atoms with Crippen molar-refractivity contribution in [1.82, 2.24) is 19.6 Å². The molecule has 116 valence electrons. The van der Waals surface area contributed by atoms with E-state index in [1.807, 2.05) is 24.3 Å². The minimum Gasteiger partial charge on any atom is -0.478 e. The third kappa shape index (κ3) is 2.40. The normalized spacial score (nSPS) is 10.8. The Morgan fingerprint density at radius 3 is 2.62 bits per heavy atom. The van der Waals surface area contributed by atoms with Crippen molar-refractivity contribution in [2.45, 2.75) is 0 Å². The molecule has 6 heteroatoms. The quantitative estimate of drug-likeness (QED) is 0.628. The Morgan fingerprint density at radius 2 is 1.83 bits per heavy atom. The van der Waals surface area contributed by atoms with Gasteiger partial charge in [0.2, 0.25) is 0 Å². The number of carboxylic acids is 1. The van der Waals surface area contributed by atoms with E-state index in [9.17, 15) is 4.79 Å². The van der Waals surface area contributed by atoms with Gasteiger partial charge < -0.3 is 5.11 Å². The highest BCUT2D eigenvalue weighted by Crippen LogP contribution is 2.24. The Hall–Kier alpha value is -3.54. The molecule has 1 aromatic carbocycles. The second-order valence-corrected chi connectivity index (χ2v) is 5.29. The smallest absolute Gasteiger partial charge is 0.335 e. The van der Waals surface area contributed by atoms with Crippen LogP contribution < -0.4 is 0 Å². The first-order valence-corrected chi connectivity index (χ1v) is 7.30. The maximum Gasteiger partial charge on any atom is 0.335 e. The summed E-state index contributed by atoms with van der Waals surface area (Å²) in [7, 11) is 0. The highest BCUT2D eigenvalue weighted by atomic mass is 16.4. The average molecular weight is 316 g/mol. The summed E-state index contributed by atoms with van der Waals surface area (Å²) in [6.07, 6.45) is 6.93. The number of nitrogens with zero attached hydrogens (tertiary/aromatic N) is 4. The van der Waals surface area contributed by atoms with Crippen molar-refractivity contribution < 1.29 is 9.90 Å². The molecule has 0 atom stereocenters. The van der Waals surface area contributed by atoms with E-state index in [4.69, 9.17) is 5.11 Å². The van der Waals surface area contributed by atoms with Gasteiger partial charge in [-0.1, -0.05) is 18.2 Å². The molecule has 1 N–H and O–H groups in total. The van der Waals surface area contributed by atoms with Gasteiger partial charge >= 0.3 is 5.97 Å². The van der Waals surface area contributed by atoms with Crippen LogP contribution >= 0.6 is 0 Å². The molecule has 0 aliphatic rings. The SMILES string of the molecule is O=C(O)c1cccc(-c2cnc3cc(-c4cccnc4)cnn23)c1. The van der Waals surface area contributed by atoms with E-state index in [0.29, 0.717) is 5.65 Å². The zero-order valence-corrected chi connectivity index (χ0v) is 12.5. The molecule has 3 heterocycles.